The average molecular weight is 284 g/mol. The average Bonchev–Trinajstić information content (AvgIpc) is 2.37. The van der Waals surface area contributed by atoms with Gasteiger partial charge < -0.3 is 11.1 Å². The first kappa shape index (κ1) is 15.9. The van der Waals surface area contributed by atoms with Gasteiger partial charge in [-0.25, -0.2) is 0 Å². The monoisotopic (exact) mass is 284 g/mol. The molecule has 0 saturated heterocycles. The minimum Gasteiger partial charge on any atom is -0.398 e. The normalized spacial score (nSPS) is 14.2. The highest BCUT2D eigenvalue weighted by Crippen LogP contribution is 2.31. The van der Waals surface area contributed by atoms with Crippen LogP contribution in [-0.4, -0.2) is 11.4 Å². The number of carbonyl (C=O) groups excluding carboxylic acids is 1. The topological polar surface area (TPSA) is 55.1 Å². The molecule has 0 bridgehead atoms. The van der Waals surface area contributed by atoms with E-state index in [2.05, 4.69) is 11.2 Å². The van der Waals surface area contributed by atoms with Gasteiger partial charge in [-0.2, -0.15) is 13.2 Å². The molecule has 6 heteroatoms. The van der Waals surface area contributed by atoms with Gasteiger partial charge in [0.2, 0.25) is 0 Å². The molecule has 1 rings (SSSR count). The predicted octanol–water partition coefficient (Wildman–Crippen LogP) is 2.82. The van der Waals surface area contributed by atoms with Crippen molar-refractivity contribution in [1.29, 1.82) is 0 Å². The molecular weight excluding hydrogens is 269 g/mol. The second kappa shape index (κ2) is 5.45. The van der Waals surface area contributed by atoms with Gasteiger partial charge >= 0.3 is 6.18 Å². The number of rotatable bonds is 3. The smallest absolute Gasteiger partial charge is 0.398 e. The molecule has 3 N–H and O–H groups in total. The number of nitrogens with two attached hydrogens (primary N) is 1. The van der Waals surface area contributed by atoms with Gasteiger partial charge in [0.15, 0.2) is 0 Å². The lowest BCUT2D eigenvalue weighted by atomic mass is 9.99. The molecule has 0 aliphatic carbocycles. The van der Waals surface area contributed by atoms with Crippen molar-refractivity contribution in [3.63, 3.8) is 0 Å². The molecule has 20 heavy (non-hydrogen) atoms. The highest BCUT2D eigenvalue weighted by atomic mass is 19.4. The lowest BCUT2D eigenvalue weighted by Crippen LogP contribution is -2.44. The van der Waals surface area contributed by atoms with E-state index in [-0.39, 0.29) is 11.3 Å². The Bertz CT molecular complexity index is 561. The van der Waals surface area contributed by atoms with E-state index < -0.39 is 23.2 Å². The summed E-state index contributed by atoms with van der Waals surface area (Å²) in [5, 5.41) is 2.51. The molecule has 3 nitrogen and oxygen atoms in total. The molecule has 0 aliphatic rings. The summed E-state index contributed by atoms with van der Waals surface area (Å²) in [5.74, 6) is 1.67. The molecule has 0 saturated carbocycles. The fourth-order valence-corrected chi connectivity index (χ4v) is 1.47. The van der Waals surface area contributed by atoms with Crippen LogP contribution in [-0.2, 0) is 6.18 Å². The number of nitrogens with one attached hydrogen (secondary N) is 1. The highest BCUT2D eigenvalue weighted by molar-refractivity contribution is 6.00. The number of terminal acetylenes is 1. The van der Waals surface area contributed by atoms with Gasteiger partial charge in [-0.3, -0.25) is 4.79 Å². The molecular formula is C14H15F3N2O. The molecule has 108 valence electrons. The van der Waals surface area contributed by atoms with E-state index >= 15 is 0 Å². The van der Waals surface area contributed by atoms with Gasteiger partial charge in [0.05, 0.1) is 16.7 Å². The third-order valence-corrected chi connectivity index (χ3v) is 3.04. The van der Waals surface area contributed by atoms with E-state index in [0.717, 1.165) is 18.2 Å². The van der Waals surface area contributed by atoms with Gasteiger partial charge in [0.1, 0.15) is 0 Å². The van der Waals surface area contributed by atoms with Crippen molar-refractivity contribution in [1.82, 2.24) is 5.32 Å². The molecule has 0 aromatic heterocycles. The van der Waals surface area contributed by atoms with Gasteiger partial charge in [-0.05, 0) is 31.5 Å². The number of anilines is 1. The van der Waals surface area contributed by atoms with Crippen molar-refractivity contribution in [2.45, 2.75) is 32.0 Å². The lowest BCUT2D eigenvalue weighted by Gasteiger charge is -2.24. The summed E-state index contributed by atoms with van der Waals surface area (Å²) >= 11 is 0. The maximum Gasteiger partial charge on any atom is 0.416 e. The van der Waals surface area contributed by atoms with Crippen molar-refractivity contribution in [3.05, 3.63) is 29.3 Å². The van der Waals surface area contributed by atoms with E-state index in [1.54, 1.807) is 13.8 Å². The van der Waals surface area contributed by atoms with Crippen molar-refractivity contribution < 1.29 is 18.0 Å². The predicted molar refractivity (Wildman–Crippen MR) is 70.9 cm³/mol. The summed E-state index contributed by atoms with van der Waals surface area (Å²) in [5.41, 5.74) is 3.41. The quantitative estimate of drug-likeness (QED) is 0.662. The molecule has 1 unspecified atom stereocenters. The van der Waals surface area contributed by atoms with Gasteiger partial charge in [0, 0.05) is 5.69 Å². The lowest BCUT2D eigenvalue weighted by molar-refractivity contribution is -0.137. The molecule has 0 heterocycles. The molecule has 1 amide bonds. The van der Waals surface area contributed by atoms with Crippen molar-refractivity contribution in [2.75, 3.05) is 5.73 Å². The van der Waals surface area contributed by atoms with E-state index in [1.807, 2.05) is 0 Å². The SMILES string of the molecule is C#CC(C)(CC)NC(=O)c1cc(C(F)(F)F)ccc1N. The zero-order valence-electron chi connectivity index (χ0n) is 11.1. The van der Waals surface area contributed by atoms with E-state index in [0.29, 0.717) is 6.42 Å². The third-order valence-electron chi connectivity index (χ3n) is 3.04. The Morgan fingerprint density at radius 1 is 1.45 bits per heavy atom. The number of nitrogen functional groups attached to an aromatic ring is 1. The van der Waals surface area contributed by atoms with Gasteiger partial charge in [-0.1, -0.05) is 12.8 Å². The van der Waals surface area contributed by atoms with Crippen LogP contribution >= 0.6 is 0 Å². The number of amides is 1. The summed E-state index contributed by atoms with van der Waals surface area (Å²) in [6.45, 7) is 3.37. The Hall–Kier alpha value is -2.16. The van der Waals surface area contributed by atoms with E-state index in [4.69, 9.17) is 12.2 Å². The van der Waals surface area contributed by atoms with E-state index in [9.17, 15) is 18.0 Å². The number of alkyl halides is 3. The number of halogens is 3. The summed E-state index contributed by atoms with van der Waals surface area (Å²) < 4.78 is 37.9. The highest BCUT2D eigenvalue weighted by Gasteiger charge is 2.32. The second-order valence-electron chi connectivity index (χ2n) is 4.58. The Balaban J connectivity index is 3.14. The van der Waals surface area contributed by atoms with Crippen LogP contribution in [0.2, 0.25) is 0 Å². The molecule has 0 fully saturated rings. The Morgan fingerprint density at radius 2 is 2.05 bits per heavy atom. The van der Waals surface area contributed by atoms with Crippen LogP contribution in [0.4, 0.5) is 18.9 Å². The van der Waals surface area contributed by atoms with Crippen molar-refractivity contribution in [3.8, 4) is 12.3 Å². The first-order valence-corrected chi connectivity index (χ1v) is 5.90. The second-order valence-corrected chi connectivity index (χ2v) is 4.58. The number of carbonyl (C=O) groups is 1. The Labute approximate surface area is 115 Å². The van der Waals surface area contributed by atoms with Crippen molar-refractivity contribution in [2.24, 2.45) is 0 Å². The van der Waals surface area contributed by atoms with Crippen LogP contribution in [0, 0.1) is 12.3 Å². The number of benzene rings is 1. The zero-order valence-corrected chi connectivity index (χ0v) is 11.1. The fraction of sp³-hybridized carbons (Fsp3) is 0.357. The maximum absolute atomic E-state index is 12.6. The first-order valence-electron chi connectivity index (χ1n) is 5.90. The van der Waals surface area contributed by atoms with Crippen molar-refractivity contribution >= 4 is 11.6 Å². The van der Waals surface area contributed by atoms with Crippen LogP contribution in [0.15, 0.2) is 18.2 Å². The van der Waals surface area contributed by atoms with Crippen LogP contribution in [0.5, 0.6) is 0 Å². The van der Waals surface area contributed by atoms with Gasteiger partial charge in [-0.15, -0.1) is 6.42 Å². The van der Waals surface area contributed by atoms with Crippen LogP contribution < -0.4 is 11.1 Å². The third kappa shape index (κ3) is 3.44. The standard InChI is InChI=1S/C14H15F3N2O/c1-4-13(3,5-2)19-12(20)10-8-9(14(15,16)17)6-7-11(10)18/h1,6-8H,5,18H2,2-3H3,(H,19,20). The summed E-state index contributed by atoms with van der Waals surface area (Å²) in [6.07, 6.45) is 1.20. The Morgan fingerprint density at radius 3 is 2.50 bits per heavy atom. The first-order chi connectivity index (χ1) is 9.13. The minimum absolute atomic E-state index is 0.0361. The van der Waals surface area contributed by atoms with Gasteiger partial charge in [0.25, 0.3) is 5.91 Å². The number of hydrogen-bond donors (Lipinski definition) is 2. The molecule has 0 aliphatic heterocycles. The summed E-state index contributed by atoms with van der Waals surface area (Å²) in [6, 6.07) is 2.60. The number of hydrogen-bond acceptors (Lipinski definition) is 2. The van der Waals surface area contributed by atoms with Crippen LogP contribution in [0.3, 0.4) is 0 Å². The zero-order chi connectivity index (χ0) is 15.6. The molecule has 1 aromatic carbocycles. The molecule has 1 atom stereocenters. The fourth-order valence-electron chi connectivity index (χ4n) is 1.47. The molecule has 1 aromatic rings. The minimum atomic E-state index is -4.54. The van der Waals surface area contributed by atoms with Crippen LogP contribution in [0.25, 0.3) is 0 Å². The molecule has 0 spiro atoms. The molecule has 0 radical (unpaired) electrons. The largest absolute Gasteiger partial charge is 0.416 e. The summed E-state index contributed by atoms with van der Waals surface area (Å²) in [4.78, 5) is 12.0. The van der Waals surface area contributed by atoms with Crippen LogP contribution in [0.1, 0.15) is 36.2 Å². The summed E-state index contributed by atoms with van der Waals surface area (Å²) in [7, 11) is 0. The Kier molecular flexibility index (Phi) is 4.33. The van der Waals surface area contributed by atoms with E-state index in [1.165, 1.54) is 0 Å². The maximum atomic E-state index is 12.6.